The minimum Gasteiger partial charge on any atom is -0.378 e. The molecule has 0 bridgehead atoms. The van der Waals surface area contributed by atoms with Crippen LogP contribution in [0.15, 0.2) is 46.9 Å². The highest BCUT2D eigenvalue weighted by Crippen LogP contribution is 2.27. The second-order valence-corrected chi connectivity index (χ2v) is 6.48. The topological polar surface area (TPSA) is 35.9 Å². The Kier molecular flexibility index (Phi) is 4.24. The van der Waals surface area contributed by atoms with Crippen LogP contribution in [0.2, 0.25) is 0 Å². The fraction of sp³-hybridized carbons (Fsp3) is 0.294. The van der Waals surface area contributed by atoms with E-state index in [1.165, 1.54) is 5.69 Å². The van der Waals surface area contributed by atoms with Crippen molar-refractivity contribution in [2.45, 2.75) is 12.5 Å². The van der Waals surface area contributed by atoms with Gasteiger partial charge in [-0.2, -0.15) is 5.10 Å². The van der Waals surface area contributed by atoms with Crippen molar-refractivity contribution < 1.29 is 4.79 Å². The van der Waals surface area contributed by atoms with Gasteiger partial charge in [-0.05, 0) is 29.1 Å². The van der Waals surface area contributed by atoms with E-state index in [0.29, 0.717) is 0 Å². The van der Waals surface area contributed by atoms with Gasteiger partial charge in [-0.3, -0.25) is 5.01 Å². The molecular formula is C17H19N3OS. The van der Waals surface area contributed by atoms with Gasteiger partial charge in [-0.25, -0.2) is 0 Å². The molecule has 0 saturated heterocycles. The molecule has 1 aliphatic rings. The van der Waals surface area contributed by atoms with Gasteiger partial charge in [0.05, 0.1) is 5.71 Å². The van der Waals surface area contributed by atoms with E-state index in [1.807, 2.05) is 36.6 Å². The molecule has 1 unspecified atom stereocenters. The number of aldehydes is 1. The van der Waals surface area contributed by atoms with Crippen molar-refractivity contribution in [3.63, 3.8) is 0 Å². The fourth-order valence-electron chi connectivity index (χ4n) is 2.57. The number of hydrogen-bond donors (Lipinski definition) is 0. The number of hydrazone groups is 1. The van der Waals surface area contributed by atoms with Crippen molar-refractivity contribution in [1.82, 2.24) is 5.01 Å². The summed E-state index contributed by atoms with van der Waals surface area (Å²) in [5.74, 6) is 0. The Bertz CT molecular complexity index is 662. The van der Waals surface area contributed by atoms with E-state index in [0.717, 1.165) is 35.4 Å². The molecule has 0 amide bonds. The van der Waals surface area contributed by atoms with Crippen molar-refractivity contribution in [1.29, 1.82) is 0 Å². The van der Waals surface area contributed by atoms with Crippen LogP contribution in [0.5, 0.6) is 0 Å². The third-order valence-corrected chi connectivity index (χ3v) is 4.77. The van der Waals surface area contributed by atoms with Gasteiger partial charge in [0, 0.05) is 37.6 Å². The third kappa shape index (κ3) is 2.90. The summed E-state index contributed by atoms with van der Waals surface area (Å²) in [5, 5.41) is 8.56. The van der Waals surface area contributed by atoms with Crippen LogP contribution in [0, 0.1) is 0 Å². The van der Waals surface area contributed by atoms with E-state index in [9.17, 15) is 4.79 Å². The summed E-state index contributed by atoms with van der Waals surface area (Å²) in [5.41, 5.74) is 3.35. The number of thiophene rings is 1. The smallest absolute Gasteiger partial charge is 0.149 e. The standard InChI is InChI=1S/C17H19N3OS/c1-19(2)14-7-5-13(6-8-14)15-9-10-20(18-15)16(12-21)17-4-3-11-22-17/h3-8,11-12,16H,9-10H2,1-2H3. The van der Waals surface area contributed by atoms with E-state index >= 15 is 0 Å². The molecule has 1 aliphatic heterocycles. The maximum absolute atomic E-state index is 11.4. The van der Waals surface area contributed by atoms with Gasteiger partial charge in [0.15, 0.2) is 0 Å². The first-order valence-electron chi connectivity index (χ1n) is 7.29. The van der Waals surface area contributed by atoms with Crippen LogP contribution in [-0.4, -0.2) is 37.6 Å². The Morgan fingerprint density at radius 1 is 1.27 bits per heavy atom. The summed E-state index contributed by atoms with van der Waals surface area (Å²) in [6.45, 7) is 0.784. The van der Waals surface area contributed by atoms with E-state index in [2.05, 4.69) is 34.3 Å². The molecule has 0 N–H and O–H groups in total. The van der Waals surface area contributed by atoms with Crippen LogP contribution in [0.4, 0.5) is 5.69 Å². The van der Waals surface area contributed by atoms with Gasteiger partial charge >= 0.3 is 0 Å². The average Bonchev–Trinajstić information content (AvgIpc) is 3.20. The summed E-state index contributed by atoms with van der Waals surface area (Å²) in [6.07, 6.45) is 1.85. The zero-order valence-corrected chi connectivity index (χ0v) is 13.6. The zero-order valence-electron chi connectivity index (χ0n) is 12.8. The van der Waals surface area contributed by atoms with Crippen molar-refractivity contribution in [3.8, 4) is 0 Å². The molecule has 1 atom stereocenters. The van der Waals surface area contributed by atoms with Crippen LogP contribution in [-0.2, 0) is 4.79 Å². The largest absolute Gasteiger partial charge is 0.378 e. The molecule has 2 heterocycles. The molecule has 4 nitrogen and oxygen atoms in total. The van der Waals surface area contributed by atoms with Crippen LogP contribution >= 0.6 is 11.3 Å². The highest BCUT2D eigenvalue weighted by molar-refractivity contribution is 7.10. The molecule has 2 aromatic rings. The van der Waals surface area contributed by atoms with Gasteiger partial charge in [0.25, 0.3) is 0 Å². The first-order valence-corrected chi connectivity index (χ1v) is 8.17. The minimum absolute atomic E-state index is 0.265. The van der Waals surface area contributed by atoms with Crippen molar-refractivity contribution >= 4 is 29.0 Å². The first-order chi connectivity index (χ1) is 10.7. The van der Waals surface area contributed by atoms with Gasteiger partial charge < -0.3 is 9.69 Å². The molecule has 0 spiro atoms. The second-order valence-electron chi connectivity index (χ2n) is 5.50. The molecule has 114 valence electrons. The lowest BCUT2D eigenvalue weighted by Crippen LogP contribution is -2.21. The maximum atomic E-state index is 11.4. The molecule has 1 aromatic heterocycles. The Hall–Kier alpha value is -2.14. The number of anilines is 1. The number of benzene rings is 1. The average molecular weight is 313 g/mol. The van der Waals surface area contributed by atoms with Crippen LogP contribution in [0.1, 0.15) is 22.9 Å². The summed E-state index contributed by atoms with van der Waals surface area (Å²) < 4.78 is 0. The van der Waals surface area contributed by atoms with Crippen molar-refractivity contribution in [2.24, 2.45) is 5.10 Å². The Balaban J connectivity index is 1.80. The lowest BCUT2D eigenvalue weighted by atomic mass is 10.1. The minimum atomic E-state index is -0.265. The highest BCUT2D eigenvalue weighted by atomic mass is 32.1. The quantitative estimate of drug-likeness (QED) is 0.796. The number of nitrogens with zero attached hydrogens (tertiary/aromatic N) is 3. The van der Waals surface area contributed by atoms with Gasteiger partial charge in [-0.1, -0.05) is 18.2 Å². The van der Waals surface area contributed by atoms with Gasteiger partial charge in [-0.15, -0.1) is 11.3 Å². The summed E-state index contributed by atoms with van der Waals surface area (Å²) in [6, 6.07) is 12.1. The molecule has 3 rings (SSSR count). The SMILES string of the molecule is CN(C)c1ccc(C2=NN(C(C=O)c3cccs3)CC2)cc1. The zero-order chi connectivity index (χ0) is 15.5. The number of carbonyl (C=O) groups is 1. The number of rotatable bonds is 5. The van der Waals surface area contributed by atoms with E-state index < -0.39 is 0 Å². The summed E-state index contributed by atoms with van der Waals surface area (Å²) >= 11 is 1.60. The Morgan fingerprint density at radius 2 is 2.05 bits per heavy atom. The predicted octanol–water partition coefficient (Wildman–Crippen LogP) is 3.16. The normalized spacial score (nSPS) is 15.5. The molecule has 0 saturated carbocycles. The highest BCUT2D eigenvalue weighted by Gasteiger charge is 2.25. The van der Waals surface area contributed by atoms with E-state index in [4.69, 9.17) is 0 Å². The van der Waals surface area contributed by atoms with E-state index in [-0.39, 0.29) is 6.04 Å². The predicted molar refractivity (Wildman–Crippen MR) is 91.8 cm³/mol. The lowest BCUT2D eigenvalue weighted by Gasteiger charge is -2.19. The van der Waals surface area contributed by atoms with Crippen LogP contribution in [0.25, 0.3) is 0 Å². The molecule has 0 aliphatic carbocycles. The van der Waals surface area contributed by atoms with E-state index in [1.54, 1.807) is 11.3 Å². The summed E-state index contributed by atoms with van der Waals surface area (Å²) in [7, 11) is 4.05. The summed E-state index contributed by atoms with van der Waals surface area (Å²) in [4.78, 5) is 14.6. The molecule has 22 heavy (non-hydrogen) atoms. The Labute approximate surface area is 134 Å². The lowest BCUT2D eigenvalue weighted by molar-refractivity contribution is -0.112. The van der Waals surface area contributed by atoms with Crippen molar-refractivity contribution in [3.05, 3.63) is 52.2 Å². The Morgan fingerprint density at radius 3 is 2.64 bits per heavy atom. The third-order valence-electron chi connectivity index (χ3n) is 3.83. The first kappa shape index (κ1) is 14.8. The number of carbonyl (C=O) groups excluding carboxylic acids is 1. The molecule has 5 heteroatoms. The van der Waals surface area contributed by atoms with Crippen LogP contribution < -0.4 is 4.90 Å². The van der Waals surface area contributed by atoms with Gasteiger partial charge in [0.1, 0.15) is 12.3 Å². The monoisotopic (exact) mass is 313 g/mol. The van der Waals surface area contributed by atoms with Crippen LogP contribution in [0.3, 0.4) is 0 Å². The maximum Gasteiger partial charge on any atom is 0.149 e. The molecule has 0 fully saturated rings. The molecule has 0 radical (unpaired) electrons. The van der Waals surface area contributed by atoms with Gasteiger partial charge in [0.2, 0.25) is 0 Å². The molecule has 1 aromatic carbocycles. The fourth-order valence-corrected chi connectivity index (χ4v) is 3.36. The number of hydrogen-bond acceptors (Lipinski definition) is 5. The molecular weight excluding hydrogens is 294 g/mol. The second kappa shape index (κ2) is 6.32. The van der Waals surface area contributed by atoms with Crippen molar-refractivity contribution in [2.75, 3.05) is 25.5 Å².